The Labute approximate surface area is 181 Å². The van der Waals surface area contributed by atoms with Crippen molar-refractivity contribution in [3.05, 3.63) is 58.4 Å². The first-order chi connectivity index (χ1) is 14.3. The summed E-state index contributed by atoms with van der Waals surface area (Å²) in [7, 11) is 0. The maximum atomic E-state index is 12.8. The quantitative estimate of drug-likeness (QED) is 0.492. The van der Waals surface area contributed by atoms with Crippen LogP contribution in [0.25, 0.3) is 6.08 Å². The highest BCUT2D eigenvalue weighted by atomic mass is 32.2. The minimum absolute atomic E-state index is 0.163. The fraction of sp³-hybridized carbons (Fsp3) is 0.200. The Morgan fingerprint density at radius 2 is 2.10 bits per heavy atom. The fourth-order valence-electron chi connectivity index (χ4n) is 2.66. The number of carbonyl (C=O) groups is 3. The number of carbonyl (C=O) groups excluding carboxylic acids is 2. The SMILES string of the molecule is CCC(Oc1ccccc1/C=C1/SC(=S)N(NC(=O)c2ccoc2C)C1=O)C(=O)O. The van der Waals surface area contributed by atoms with Crippen molar-refractivity contribution in [3.8, 4) is 5.75 Å². The number of nitrogens with one attached hydrogen (secondary N) is 1. The van der Waals surface area contributed by atoms with Crippen molar-refractivity contribution in [1.82, 2.24) is 10.4 Å². The summed E-state index contributed by atoms with van der Waals surface area (Å²) in [4.78, 5) is 36.7. The second-order valence-electron chi connectivity index (χ2n) is 6.24. The van der Waals surface area contributed by atoms with Crippen LogP contribution in [-0.2, 0) is 9.59 Å². The molecule has 1 aromatic carbocycles. The number of hydrazine groups is 1. The van der Waals surface area contributed by atoms with Gasteiger partial charge in [-0.3, -0.25) is 15.0 Å². The highest BCUT2D eigenvalue weighted by Gasteiger charge is 2.34. The molecule has 0 radical (unpaired) electrons. The summed E-state index contributed by atoms with van der Waals surface area (Å²) >= 11 is 6.25. The van der Waals surface area contributed by atoms with Gasteiger partial charge in [0.25, 0.3) is 11.8 Å². The fourth-order valence-corrected chi connectivity index (χ4v) is 3.83. The first kappa shape index (κ1) is 21.6. The smallest absolute Gasteiger partial charge is 0.344 e. The molecule has 2 aromatic rings. The van der Waals surface area contributed by atoms with Crippen LogP contribution >= 0.6 is 24.0 Å². The first-order valence-corrected chi connectivity index (χ1v) is 10.2. The number of hydrogen-bond donors (Lipinski definition) is 2. The van der Waals surface area contributed by atoms with Gasteiger partial charge < -0.3 is 14.3 Å². The first-order valence-electron chi connectivity index (χ1n) is 8.93. The number of amides is 2. The molecule has 1 atom stereocenters. The zero-order chi connectivity index (χ0) is 21.8. The van der Waals surface area contributed by atoms with Gasteiger partial charge in [-0.25, -0.2) is 4.79 Å². The predicted octanol–water partition coefficient (Wildman–Crippen LogP) is 3.38. The van der Waals surface area contributed by atoms with Gasteiger partial charge in [-0.2, -0.15) is 5.01 Å². The van der Waals surface area contributed by atoms with E-state index in [0.29, 0.717) is 22.6 Å². The van der Waals surface area contributed by atoms with Crippen LogP contribution in [0.4, 0.5) is 0 Å². The third kappa shape index (κ3) is 4.55. The second kappa shape index (κ2) is 9.14. The van der Waals surface area contributed by atoms with Gasteiger partial charge in [0.05, 0.1) is 16.7 Å². The van der Waals surface area contributed by atoms with Crippen LogP contribution < -0.4 is 10.2 Å². The minimum Gasteiger partial charge on any atom is -0.479 e. The molecule has 1 unspecified atom stereocenters. The maximum Gasteiger partial charge on any atom is 0.344 e. The van der Waals surface area contributed by atoms with Crippen molar-refractivity contribution in [2.45, 2.75) is 26.4 Å². The zero-order valence-corrected chi connectivity index (χ0v) is 17.7. The Hall–Kier alpha value is -3.11. The summed E-state index contributed by atoms with van der Waals surface area (Å²) < 4.78 is 10.9. The molecule has 156 valence electrons. The van der Waals surface area contributed by atoms with Crippen LogP contribution in [-0.4, -0.2) is 38.3 Å². The maximum absolute atomic E-state index is 12.8. The average Bonchev–Trinajstić information content (AvgIpc) is 3.25. The number of hydrogen-bond acceptors (Lipinski definition) is 7. The number of benzene rings is 1. The number of rotatable bonds is 7. The number of furan rings is 1. The molecule has 1 fully saturated rings. The summed E-state index contributed by atoms with van der Waals surface area (Å²) in [5.41, 5.74) is 3.30. The van der Waals surface area contributed by atoms with Crippen molar-refractivity contribution >= 4 is 52.2 Å². The molecule has 0 bridgehead atoms. The van der Waals surface area contributed by atoms with Crippen LogP contribution in [0.2, 0.25) is 0 Å². The summed E-state index contributed by atoms with van der Waals surface area (Å²) in [5, 5.41) is 10.2. The number of ether oxygens (including phenoxy) is 1. The van der Waals surface area contributed by atoms with E-state index in [2.05, 4.69) is 5.43 Å². The Kier molecular flexibility index (Phi) is 6.58. The molecule has 0 aliphatic carbocycles. The van der Waals surface area contributed by atoms with Gasteiger partial charge in [-0.1, -0.05) is 36.9 Å². The Morgan fingerprint density at radius 3 is 2.73 bits per heavy atom. The van der Waals surface area contributed by atoms with Crippen LogP contribution in [0.1, 0.15) is 35.0 Å². The van der Waals surface area contributed by atoms with E-state index in [0.717, 1.165) is 16.8 Å². The highest BCUT2D eigenvalue weighted by Crippen LogP contribution is 2.33. The van der Waals surface area contributed by atoms with Crippen LogP contribution in [0, 0.1) is 6.92 Å². The van der Waals surface area contributed by atoms with Crippen molar-refractivity contribution in [2.24, 2.45) is 0 Å². The lowest BCUT2D eigenvalue weighted by atomic mass is 10.1. The summed E-state index contributed by atoms with van der Waals surface area (Å²) in [5.74, 6) is -1.34. The van der Waals surface area contributed by atoms with Gasteiger partial charge in [0, 0.05) is 5.56 Å². The number of thiocarbonyl (C=S) groups is 1. The molecule has 2 amide bonds. The molecule has 0 spiro atoms. The topological polar surface area (TPSA) is 109 Å². The van der Waals surface area contributed by atoms with E-state index in [1.807, 2.05) is 0 Å². The summed E-state index contributed by atoms with van der Waals surface area (Å²) in [6, 6.07) is 8.27. The van der Waals surface area contributed by atoms with Crippen LogP contribution in [0.15, 0.2) is 45.9 Å². The highest BCUT2D eigenvalue weighted by molar-refractivity contribution is 8.26. The number of para-hydroxylation sites is 1. The van der Waals surface area contributed by atoms with Crippen molar-refractivity contribution in [3.63, 3.8) is 0 Å². The van der Waals surface area contributed by atoms with Crippen molar-refractivity contribution in [1.29, 1.82) is 0 Å². The van der Waals surface area contributed by atoms with Gasteiger partial charge in [0.2, 0.25) is 0 Å². The second-order valence-corrected chi connectivity index (χ2v) is 7.92. The normalized spacial score (nSPS) is 16.1. The molecular formula is C20H18N2O6S2. The zero-order valence-electron chi connectivity index (χ0n) is 16.1. The molecular weight excluding hydrogens is 428 g/mol. The molecule has 0 saturated carbocycles. The molecule has 3 rings (SSSR count). The van der Waals surface area contributed by atoms with E-state index in [4.69, 9.17) is 21.4 Å². The number of nitrogens with zero attached hydrogens (tertiary/aromatic N) is 1. The van der Waals surface area contributed by atoms with Gasteiger partial charge >= 0.3 is 5.97 Å². The third-order valence-electron chi connectivity index (χ3n) is 4.23. The van der Waals surface area contributed by atoms with E-state index in [1.54, 1.807) is 44.2 Å². The average molecular weight is 447 g/mol. The molecule has 1 aliphatic heterocycles. The number of carboxylic acids is 1. The predicted molar refractivity (Wildman–Crippen MR) is 115 cm³/mol. The van der Waals surface area contributed by atoms with Crippen molar-refractivity contribution < 1.29 is 28.6 Å². The van der Waals surface area contributed by atoms with E-state index >= 15 is 0 Å². The number of aliphatic carboxylic acids is 1. The summed E-state index contributed by atoms with van der Waals surface area (Å²) in [6.07, 6.45) is 2.21. The Bertz CT molecular complexity index is 1050. The minimum atomic E-state index is -1.07. The van der Waals surface area contributed by atoms with Gasteiger partial charge in [-0.05, 0) is 43.8 Å². The lowest BCUT2D eigenvalue weighted by molar-refractivity contribution is -0.145. The van der Waals surface area contributed by atoms with Gasteiger partial charge in [-0.15, -0.1) is 0 Å². The van der Waals surface area contributed by atoms with E-state index in [-0.39, 0.29) is 15.6 Å². The molecule has 1 aliphatic rings. The molecule has 10 heteroatoms. The van der Waals surface area contributed by atoms with Crippen LogP contribution in [0.5, 0.6) is 5.75 Å². The van der Waals surface area contributed by atoms with E-state index in [9.17, 15) is 19.5 Å². The number of carboxylic acid groups (broad SMARTS) is 1. The number of aryl methyl sites for hydroxylation is 1. The van der Waals surface area contributed by atoms with Gasteiger partial charge in [0.1, 0.15) is 11.5 Å². The molecule has 1 aromatic heterocycles. The van der Waals surface area contributed by atoms with Crippen LogP contribution in [0.3, 0.4) is 0 Å². The van der Waals surface area contributed by atoms with Gasteiger partial charge in [0.15, 0.2) is 10.4 Å². The lowest BCUT2D eigenvalue weighted by Gasteiger charge is -2.16. The Morgan fingerprint density at radius 1 is 1.37 bits per heavy atom. The van der Waals surface area contributed by atoms with Crippen molar-refractivity contribution in [2.75, 3.05) is 0 Å². The molecule has 1 saturated heterocycles. The molecule has 30 heavy (non-hydrogen) atoms. The Balaban J connectivity index is 1.81. The summed E-state index contributed by atoms with van der Waals surface area (Å²) in [6.45, 7) is 3.34. The molecule has 8 nitrogen and oxygen atoms in total. The standard InChI is InChI=1S/C20H18N2O6S2/c1-3-14(19(25)26)28-15-7-5-4-6-12(15)10-16-18(24)22(20(29)30-16)21-17(23)13-8-9-27-11(13)2/h4-10,14H,3H2,1-2H3,(H,21,23)(H,25,26)/b16-10+. The number of thioether (sulfide) groups is 1. The lowest BCUT2D eigenvalue weighted by Crippen LogP contribution is -2.44. The third-order valence-corrected chi connectivity index (χ3v) is 5.53. The molecule has 2 N–H and O–H groups in total. The molecule has 2 heterocycles. The monoisotopic (exact) mass is 446 g/mol. The van der Waals surface area contributed by atoms with E-state index < -0.39 is 23.9 Å². The largest absolute Gasteiger partial charge is 0.479 e. The van der Waals surface area contributed by atoms with E-state index in [1.165, 1.54) is 12.3 Å².